The van der Waals surface area contributed by atoms with Gasteiger partial charge < -0.3 is 15.4 Å². The average molecular weight is 214 g/mol. The minimum Gasteiger partial charge on any atom is -0.381 e. The van der Waals surface area contributed by atoms with Gasteiger partial charge in [0.2, 0.25) is 5.91 Å². The number of hydrogen-bond acceptors (Lipinski definition) is 3. The van der Waals surface area contributed by atoms with Crippen molar-refractivity contribution >= 4 is 5.91 Å². The summed E-state index contributed by atoms with van der Waals surface area (Å²) in [6, 6.07) is 0. The molecule has 0 radical (unpaired) electrons. The lowest BCUT2D eigenvalue weighted by Crippen LogP contribution is -2.48. The number of piperidine rings is 1. The van der Waals surface area contributed by atoms with E-state index in [1.165, 1.54) is 0 Å². The summed E-state index contributed by atoms with van der Waals surface area (Å²) in [7, 11) is 1.73. The van der Waals surface area contributed by atoms with E-state index in [1.807, 2.05) is 18.7 Å². The molecule has 88 valence electrons. The standard InChI is InChI=1S/C11H22N2O2/c1-11(2,8-12)10(14)13-6-4-9(15-3)5-7-13/h9H,4-8,12H2,1-3H3. The van der Waals surface area contributed by atoms with Crippen molar-refractivity contribution in [1.82, 2.24) is 4.90 Å². The van der Waals surface area contributed by atoms with Gasteiger partial charge in [0, 0.05) is 26.7 Å². The summed E-state index contributed by atoms with van der Waals surface area (Å²) in [5.41, 5.74) is 5.16. The minimum absolute atomic E-state index is 0.166. The molecule has 0 unspecified atom stereocenters. The zero-order valence-electron chi connectivity index (χ0n) is 9.95. The van der Waals surface area contributed by atoms with Gasteiger partial charge in [-0.25, -0.2) is 0 Å². The third-order valence-electron chi connectivity index (χ3n) is 3.15. The van der Waals surface area contributed by atoms with Crippen LogP contribution < -0.4 is 5.73 Å². The summed E-state index contributed by atoms with van der Waals surface area (Å²) in [5, 5.41) is 0. The lowest BCUT2D eigenvalue weighted by molar-refractivity contribution is -0.142. The van der Waals surface area contributed by atoms with Crippen molar-refractivity contribution in [3.8, 4) is 0 Å². The molecule has 0 aliphatic carbocycles. The lowest BCUT2D eigenvalue weighted by atomic mass is 9.91. The first kappa shape index (κ1) is 12.5. The Morgan fingerprint density at radius 1 is 1.47 bits per heavy atom. The predicted molar refractivity (Wildman–Crippen MR) is 59.4 cm³/mol. The smallest absolute Gasteiger partial charge is 0.229 e. The summed E-state index contributed by atoms with van der Waals surface area (Å²) in [6.45, 7) is 5.78. The van der Waals surface area contributed by atoms with Gasteiger partial charge in [0.05, 0.1) is 11.5 Å². The fourth-order valence-electron chi connectivity index (χ4n) is 1.81. The van der Waals surface area contributed by atoms with Gasteiger partial charge in [-0.15, -0.1) is 0 Å². The predicted octanol–water partition coefficient (Wildman–Crippen LogP) is 0.609. The third-order valence-corrected chi connectivity index (χ3v) is 3.15. The molecule has 0 aromatic carbocycles. The van der Waals surface area contributed by atoms with E-state index in [0.717, 1.165) is 25.9 Å². The number of nitrogens with zero attached hydrogens (tertiary/aromatic N) is 1. The van der Waals surface area contributed by atoms with Crippen LogP contribution in [0.4, 0.5) is 0 Å². The van der Waals surface area contributed by atoms with Gasteiger partial charge in [-0.05, 0) is 26.7 Å². The number of methoxy groups -OCH3 is 1. The van der Waals surface area contributed by atoms with Gasteiger partial charge >= 0.3 is 0 Å². The molecule has 0 atom stereocenters. The molecule has 0 aromatic rings. The van der Waals surface area contributed by atoms with E-state index in [-0.39, 0.29) is 5.91 Å². The summed E-state index contributed by atoms with van der Waals surface area (Å²) in [6.07, 6.45) is 2.18. The topological polar surface area (TPSA) is 55.6 Å². The van der Waals surface area contributed by atoms with Crippen molar-refractivity contribution in [2.45, 2.75) is 32.8 Å². The van der Waals surface area contributed by atoms with E-state index in [1.54, 1.807) is 7.11 Å². The lowest BCUT2D eigenvalue weighted by Gasteiger charge is -2.36. The van der Waals surface area contributed by atoms with Crippen LogP contribution in [0.2, 0.25) is 0 Å². The van der Waals surface area contributed by atoms with Crippen LogP contribution in [0.1, 0.15) is 26.7 Å². The van der Waals surface area contributed by atoms with E-state index in [9.17, 15) is 4.79 Å². The first-order chi connectivity index (χ1) is 7.01. The van der Waals surface area contributed by atoms with E-state index >= 15 is 0 Å². The maximum Gasteiger partial charge on any atom is 0.229 e. The molecule has 1 amide bonds. The monoisotopic (exact) mass is 214 g/mol. The molecule has 0 saturated carbocycles. The number of nitrogens with two attached hydrogens (primary N) is 1. The van der Waals surface area contributed by atoms with Crippen LogP contribution in [-0.2, 0) is 9.53 Å². The molecule has 1 aliphatic heterocycles. The van der Waals surface area contributed by atoms with E-state index in [4.69, 9.17) is 10.5 Å². The van der Waals surface area contributed by atoms with Crippen molar-refractivity contribution in [2.75, 3.05) is 26.7 Å². The Kier molecular flexibility index (Phi) is 4.11. The van der Waals surface area contributed by atoms with Gasteiger partial charge in [-0.1, -0.05) is 0 Å². The quantitative estimate of drug-likeness (QED) is 0.749. The van der Waals surface area contributed by atoms with Crippen LogP contribution in [-0.4, -0.2) is 43.7 Å². The highest BCUT2D eigenvalue weighted by atomic mass is 16.5. The van der Waals surface area contributed by atoms with Gasteiger partial charge in [0.25, 0.3) is 0 Å². The molecule has 15 heavy (non-hydrogen) atoms. The molecule has 1 fully saturated rings. The zero-order valence-corrected chi connectivity index (χ0v) is 9.95. The molecule has 4 nitrogen and oxygen atoms in total. The number of hydrogen-bond donors (Lipinski definition) is 1. The number of carbonyl (C=O) groups excluding carboxylic acids is 1. The van der Waals surface area contributed by atoms with Crippen molar-refractivity contribution in [3.63, 3.8) is 0 Å². The zero-order chi connectivity index (χ0) is 11.5. The summed E-state index contributed by atoms with van der Waals surface area (Å²) >= 11 is 0. The van der Waals surface area contributed by atoms with Crippen LogP contribution in [0.15, 0.2) is 0 Å². The minimum atomic E-state index is -0.431. The molecule has 1 aliphatic rings. The van der Waals surface area contributed by atoms with Crippen molar-refractivity contribution in [2.24, 2.45) is 11.1 Å². The van der Waals surface area contributed by atoms with Crippen LogP contribution in [0.3, 0.4) is 0 Å². The highest BCUT2D eigenvalue weighted by Crippen LogP contribution is 2.21. The molecule has 4 heteroatoms. The molecular formula is C11H22N2O2. The third kappa shape index (κ3) is 2.92. The van der Waals surface area contributed by atoms with Gasteiger partial charge in [0.1, 0.15) is 0 Å². The Morgan fingerprint density at radius 3 is 2.40 bits per heavy atom. The number of ether oxygens (including phenoxy) is 1. The highest BCUT2D eigenvalue weighted by Gasteiger charge is 2.32. The van der Waals surface area contributed by atoms with Crippen LogP contribution in [0.5, 0.6) is 0 Å². The molecule has 0 aromatic heterocycles. The normalized spacial score (nSPS) is 19.3. The highest BCUT2D eigenvalue weighted by molar-refractivity contribution is 5.82. The molecule has 1 heterocycles. The first-order valence-electron chi connectivity index (χ1n) is 5.53. The summed E-state index contributed by atoms with van der Waals surface area (Å²) < 4.78 is 5.27. The van der Waals surface area contributed by atoms with Crippen LogP contribution >= 0.6 is 0 Å². The molecule has 1 saturated heterocycles. The Bertz CT molecular complexity index is 221. The second kappa shape index (κ2) is 4.94. The molecule has 0 spiro atoms. The van der Waals surface area contributed by atoms with Gasteiger partial charge in [-0.3, -0.25) is 4.79 Å². The second-order valence-corrected chi connectivity index (χ2v) is 4.82. The van der Waals surface area contributed by atoms with Crippen molar-refractivity contribution < 1.29 is 9.53 Å². The van der Waals surface area contributed by atoms with E-state index in [2.05, 4.69) is 0 Å². The van der Waals surface area contributed by atoms with Gasteiger partial charge in [-0.2, -0.15) is 0 Å². The van der Waals surface area contributed by atoms with E-state index in [0.29, 0.717) is 12.6 Å². The van der Waals surface area contributed by atoms with Gasteiger partial charge in [0.15, 0.2) is 0 Å². The van der Waals surface area contributed by atoms with Crippen LogP contribution in [0, 0.1) is 5.41 Å². The number of amides is 1. The molecule has 1 rings (SSSR count). The molecule has 0 bridgehead atoms. The fraction of sp³-hybridized carbons (Fsp3) is 0.909. The molecule has 2 N–H and O–H groups in total. The first-order valence-corrected chi connectivity index (χ1v) is 5.53. The summed E-state index contributed by atoms with van der Waals surface area (Å²) in [5.74, 6) is 0.166. The SMILES string of the molecule is COC1CCN(C(=O)C(C)(C)CN)CC1. The number of likely N-dealkylation sites (tertiary alicyclic amines) is 1. The Balaban J connectivity index is 2.50. The number of rotatable bonds is 3. The number of carbonyl (C=O) groups is 1. The fourth-order valence-corrected chi connectivity index (χ4v) is 1.81. The largest absolute Gasteiger partial charge is 0.381 e. The van der Waals surface area contributed by atoms with Crippen molar-refractivity contribution in [3.05, 3.63) is 0 Å². The second-order valence-electron chi connectivity index (χ2n) is 4.82. The maximum absolute atomic E-state index is 12.1. The Labute approximate surface area is 91.8 Å². The molecular weight excluding hydrogens is 192 g/mol. The van der Waals surface area contributed by atoms with Crippen LogP contribution in [0.25, 0.3) is 0 Å². The Hall–Kier alpha value is -0.610. The van der Waals surface area contributed by atoms with Crippen molar-refractivity contribution in [1.29, 1.82) is 0 Å². The van der Waals surface area contributed by atoms with E-state index < -0.39 is 5.41 Å². The maximum atomic E-state index is 12.1. The average Bonchev–Trinajstić information content (AvgIpc) is 2.28. The Morgan fingerprint density at radius 2 is 2.00 bits per heavy atom. The summed E-state index contributed by atoms with van der Waals surface area (Å²) in [4.78, 5) is 14.0.